The maximum Gasteiger partial charge on any atom is 0.0410 e. The first-order valence-electron chi connectivity index (χ1n) is 6.38. The van der Waals surface area contributed by atoms with E-state index in [2.05, 4.69) is 47.1 Å². The van der Waals surface area contributed by atoms with Gasteiger partial charge in [0.05, 0.1) is 0 Å². The normalized spacial score (nSPS) is 12.4. The Bertz CT molecular complexity index is 551. The summed E-state index contributed by atoms with van der Waals surface area (Å²) in [5.74, 6) is 0. The Labute approximate surface area is 127 Å². The Morgan fingerprint density at radius 1 is 1.11 bits per heavy atom. The van der Waals surface area contributed by atoms with Crippen LogP contribution in [0.4, 0.5) is 0 Å². The van der Waals surface area contributed by atoms with E-state index in [-0.39, 0.29) is 6.04 Å². The van der Waals surface area contributed by atoms with E-state index in [0.29, 0.717) is 0 Å². The summed E-state index contributed by atoms with van der Waals surface area (Å²) in [6.07, 6.45) is 1.87. The molecule has 0 heterocycles. The number of aryl methyl sites for hydroxylation is 1. The SMILES string of the molecule is CCc1ccc(CC(N)c2cc(Cl)ccc2Br)cc1. The van der Waals surface area contributed by atoms with Crippen molar-refractivity contribution in [2.75, 3.05) is 0 Å². The molecule has 0 aliphatic heterocycles. The maximum absolute atomic E-state index is 6.28. The topological polar surface area (TPSA) is 26.0 Å². The van der Waals surface area contributed by atoms with Crippen LogP contribution in [0, 0.1) is 0 Å². The summed E-state index contributed by atoms with van der Waals surface area (Å²) in [5, 5.41) is 0.718. The lowest BCUT2D eigenvalue weighted by atomic mass is 9.98. The lowest BCUT2D eigenvalue weighted by molar-refractivity contribution is 0.718. The molecule has 1 nitrogen and oxygen atoms in total. The van der Waals surface area contributed by atoms with Crippen LogP contribution < -0.4 is 5.73 Å². The predicted octanol–water partition coefficient (Wildman–Crippen LogP) is 4.91. The van der Waals surface area contributed by atoms with Gasteiger partial charge in [-0.25, -0.2) is 0 Å². The Balaban J connectivity index is 2.15. The summed E-state index contributed by atoms with van der Waals surface area (Å²) < 4.78 is 1.01. The second kappa shape index (κ2) is 6.56. The van der Waals surface area contributed by atoms with Crippen molar-refractivity contribution in [1.82, 2.24) is 0 Å². The smallest absolute Gasteiger partial charge is 0.0410 e. The largest absolute Gasteiger partial charge is 0.324 e. The molecule has 1 atom stereocenters. The van der Waals surface area contributed by atoms with Gasteiger partial charge in [0.1, 0.15) is 0 Å². The molecule has 0 saturated carbocycles. The lowest BCUT2D eigenvalue weighted by Crippen LogP contribution is -2.14. The van der Waals surface area contributed by atoms with Crippen LogP contribution in [0.25, 0.3) is 0 Å². The van der Waals surface area contributed by atoms with Gasteiger partial charge in [-0.1, -0.05) is 58.7 Å². The number of hydrogen-bond donors (Lipinski definition) is 1. The van der Waals surface area contributed by atoms with Gasteiger partial charge in [-0.15, -0.1) is 0 Å². The summed E-state index contributed by atoms with van der Waals surface area (Å²) >= 11 is 9.56. The summed E-state index contributed by atoms with van der Waals surface area (Å²) in [7, 11) is 0. The quantitative estimate of drug-likeness (QED) is 0.842. The second-order valence-electron chi connectivity index (χ2n) is 4.65. The molecule has 2 rings (SSSR count). The zero-order valence-electron chi connectivity index (χ0n) is 10.9. The molecule has 2 aromatic carbocycles. The van der Waals surface area contributed by atoms with Crippen molar-refractivity contribution >= 4 is 27.5 Å². The molecule has 100 valence electrons. The number of benzene rings is 2. The molecular formula is C16H17BrClN. The highest BCUT2D eigenvalue weighted by Gasteiger charge is 2.11. The molecule has 0 aliphatic carbocycles. The highest BCUT2D eigenvalue weighted by atomic mass is 79.9. The van der Waals surface area contributed by atoms with Crippen LogP contribution in [-0.2, 0) is 12.8 Å². The van der Waals surface area contributed by atoms with Gasteiger partial charge in [0.15, 0.2) is 0 Å². The maximum atomic E-state index is 6.28. The van der Waals surface area contributed by atoms with E-state index in [1.54, 1.807) is 0 Å². The zero-order valence-corrected chi connectivity index (χ0v) is 13.2. The fourth-order valence-electron chi connectivity index (χ4n) is 2.07. The molecule has 3 heteroatoms. The van der Waals surface area contributed by atoms with Crippen molar-refractivity contribution < 1.29 is 0 Å². The molecule has 0 spiro atoms. The van der Waals surface area contributed by atoms with Gasteiger partial charge in [0.2, 0.25) is 0 Å². The van der Waals surface area contributed by atoms with Crippen LogP contribution in [0.1, 0.15) is 29.7 Å². The first-order chi connectivity index (χ1) is 9.10. The summed E-state index contributed by atoms with van der Waals surface area (Å²) in [4.78, 5) is 0. The fourth-order valence-corrected chi connectivity index (χ4v) is 2.79. The Morgan fingerprint density at radius 3 is 2.37 bits per heavy atom. The highest BCUT2D eigenvalue weighted by molar-refractivity contribution is 9.10. The average Bonchev–Trinajstić information content (AvgIpc) is 2.42. The van der Waals surface area contributed by atoms with E-state index in [9.17, 15) is 0 Å². The first kappa shape index (κ1) is 14.6. The Hall–Kier alpha value is -0.830. The molecule has 0 amide bonds. The van der Waals surface area contributed by atoms with Crippen LogP contribution in [0.3, 0.4) is 0 Å². The van der Waals surface area contributed by atoms with E-state index in [4.69, 9.17) is 17.3 Å². The van der Waals surface area contributed by atoms with Crippen molar-refractivity contribution in [3.05, 3.63) is 68.7 Å². The minimum Gasteiger partial charge on any atom is -0.324 e. The van der Waals surface area contributed by atoms with Crippen LogP contribution >= 0.6 is 27.5 Å². The molecule has 1 unspecified atom stereocenters. The molecule has 2 aromatic rings. The number of hydrogen-bond acceptors (Lipinski definition) is 1. The van der Waals surface area contributed by atoms with Gasteiger partial charge in [-0.2, -0.15) is 0 Å². The van der Waals surface area contributed by atoms with Crippen molar-refractivity contribution in [2.24, 2.45) is 5.73 Å². The minimum atomic E-state index is -0.0550. The summed E-state index contributed by atoms with van der Waals surface area (Å²) in [5.41, 5.74) is 9.92. The van der Waals surface area contributed by atoms with Gasteiger partial charge in [0, 0.05) is 15.5 Å². The standard InChI is InChI=1S/C16H17BrClN/c1-2-11-3-5-12(6-4-11)9-16(19)14-10-13(18)7-8-15(14)17/h3-8,10,16H,2,9,19H2,1H3. The van der Waals surface area contributed by atoms with Gasteiger partial charge >= 0.3 is 0 Å². The summed E-state index contributed by atoms with van der Waals surface area (Å²) in [6.45, 7) is 2.16. The van der Waals surface area contributed by atoms with Crippen LogP contribution in [0.5, 0.6) is 0 Å². The van der Waals surface area contributed by atoms with Gasteiger partial charge in [-0.3, -0.25) is 0 Å². The molecule has 0 saturated heterocycles. The third kappa shape index (κ3) is 3.82. The Kier molecular flexibility index (Phi) is 5.03. The van der Waals surface area contributed by atoms with Crippen molar-refractivity contribution in [3.8, 4) is 0 Å². The second-order valence-corrected chi connectivity index (χ2v) is 5.94. The Morgan fingerprint density at radius 2 is 1.74 bits per heavy atom. The lowest BCUT2D eigenvalue weighted by Gasteiger charge is -2.14. The van der Waals surface area contributed by atoms with Gasteiger partial charge < -0.3 is 5.73 Å². The molecule has 0 fully saturated rings. The molecular weight excluding hydrogens is 322 g/mol. The van der Waals surface area contributed by atoms with Crippen molar-refractivity contribution in [2.45, 2.75) is 25.8 Å². The van der Waals surface area contributed by atoms with Crippen molar-refractivity contribution in [3.63, 3.8) is 0 Å². The number of halogens is 2. The molecule has 0 aliphatic rings. The fraction of sp³-hybridized carbons (Fsp3) is 0.250. The molecule has 0 bridgehead atoms. The third-order valence-electron chi connectivity index (χ3n) is 3.24. The third-order valence-corrected chi connectivity index (χ3v) is 4.20. The van der Waals surface area contributed by atoms with E-state index in [1.165, 1.54) is 11.1 Å². The zero-order chi connectivity index (χ0) is 13.8. The van der Waals surface area contributed by atoms with Crippen LogP contribution in [0.2, 0.25) is 5.02 Å². The minimum absolute atomic E-state index is 0.0550. The van der Waals surface area contributed by atoms with Crippen LogP contribution in [-0.4, -0.2) is 0 Å². The number of rotatable bonds is 4. The van der Waals surface area contributed by atoms with E-state index in [0.717, 1.165) is 27.9 Å². The van der Waals surface area contributed by atoms with Crippen LogP contribution in [0.15, 0.2) is 46.9 Å². The summed E-state index contributed by atoms with van der Waals surface area (Å²) in [6, 6.07) is 14.3. The number of nitrogens with two attached hydrogens (primary N) is 1. The molecule has 0 aromatic heterocycles. The van der Waals surface area contributed by atoms with Gasteiger partial charge in [-0.05, 0) is 47.7 Å². The van der Waals surface area contributed by atoms with Gasteiger partial charge in [0.25, 0.3) is 0 Å². The van der Waals surface area contributed by atoms with E-state index >= 15 is 0 Å². The van der Waals surface area contributed by atoms with Crippen molar-refractivity contribution in [1.29, 1.82) is 0 Å². The molecule has 2 N–H and O–H groups in total. The highest BCUT2D eigenvalue weighted by Crippen LogP contribution is 2.27. The van der Waals surface area contributed by atoms with E-state index in [1.807, 2.05) is 18.2 Å². The average molecular weight is 339 g/mol. The molecule has 19 heavy (non-hydrogen) atoms. The predicted molar refractivity (Wildman–Crippen MR) is 85.6 cm³/mol. The first-order valence-corrected chi connectivity index (χ1v) is 7.55. The molecule has 0 radical (unpaired) electrons. The van der Waals surface area contributed by atoms with E-state index < -0.39 is 0 Å². The monoisotopic (exact) mass is 337 g/mol.